The maximum absolute atomic E-state index is 5.26. The molecule has 1 saturated carbocycles. The Labute approximate surface area is 75.2 Å². The van der Waals surface area contributed by atoms with Gasteiger partial charge in [0.05, 0.1) is 5.60 Å². The predicted octanol–water partition coefficient (Wildman–Crippen LogP) is 3.23. The van der Waals surface area contributed by atoms with E-state index in [1.165, 1.54) is 19.3 Å². The van der Waals surface area contributed by atoms with Gasteiger partial charge in [-0.1, -0.05) is 19.3 Å². The Morgan fingerprint density at radius 2 is 1.58 bits per heavy atom. The maximum atomic E-state index is 5.26. The summed E-state index contributed by atoms with van der Waals surface area (Å²) in [6.07, 6.45) is 7.12. The number of hydrogen-bond donors (Lipinski definition) is 0. The van der Waals surface area contributed by atoms with Gasteiger partial charge < -0.3 is 0 Å². The highest BCUT2D eigenvalue weighted by atomic mass is 17.2. The Morgan fingerprint density at radius 3 is 2.08 bits per heavy atom. The second kappa shape index (κ2) is 4.24. The highest BCUT2D eigenvalue weighted by Gasteiger charge is 2.19. The largest absolute Gasteiger partial charge is 0.230 e. The molecular formula is C10H19O2. The molecule has 71 valence electrons. The number of hydrogen-bond acceptors (Lipinski definition) is 2. The summed E-state index contributed by atoms with van der Waals surface area (Å²) in [6.45, 7) is 5.99. The van der Waals surface area contributed by atoms with Crippen molar-refractivity contribution in [2.75, 3.05) is 0 Å². The molecule has 0 amide bonds. The molecule has 0 unspecified atom stereocenters. The first kappa shape index (κ1) is 10.0. The Kier molecular flexibility index (Phi) is 3.53. The second-order valence-corrected chi connectivity index (χ2v) is 4.38. The molecule has 0 aromatic carbocycles. The van der Waals surface area contributed by atoms with Crippen LogP contribution in [0.4, 0.5) is 0 Å². The Morgan fingerprint density at radius 1 is 1.00 bits per heavy atom. The van der Waals surface area contributed by atoms with Crippen molar-refractivity contribution in [3.63, 3.8) is 0 Å². The molecule has 0 atom stereocenters. The van der Waals surface area contributed by atoms with Crippen molar-refractivity contribution in [1.82, 2.24) is 0 Å². The van der Waals surface area contributed by atoms with Gasteiger partial charge in [0, 0.05) is 0 Å². The topological polar surface area (TPSA) is 18.5 Å². The highest BCUT2D eigenvalue weighted by molar-refractivity contribution is 4.80. The minimum Gasteiger partial charge on any atom is -0.230 e. The molecule has 1 aliphatic rings. The monoisotopic (exact) mass is 171 g/mol. The summed E-state index contributed by atoms with van der Waals surface area (Å²) >= 11 is 0. The Hall–Kier alpha value is -0.0800. The zero-order chi connectivity index (χ0) is 9.03. The molecule has 2 heteroatoms. The van der Waals surface area contributed by atoms with Gasteiger partial charge in [-0.2, -0.15) is 0 Å². The molecule has 0 spiro atoms. The SMILES string of the molecule is CC(C)(C)OO[C]1CCCCC1. The van der Waals surface area contributed by atoms with Crippen LogP contribution in [0.25, 0.3) is 0 Å². The molecule has 0 saturated heterocycles. The fourth-order valence-electron chi connectivity index (χ4n) is 1.21. The van der Waals surface area contributed by atoms with Gasteiger partial charge in [0.25, 0.3) is 0 Å². The minimum atomic E-state index is -0.190. The van der Waals surface area contributed by atoms with Crippen LogP contribution in [-0.2, 0) is 9.78 Å². The van der Waals surface area contributed by atoms with Crippen molar-refractivity contribution in [2.45, 2.75) is 58.5 Å². The lowest BCUT2D eigenvalue weighted by Gasteiger charge is -2.24. The molecular weight excluding hydrogens is 152 g/mol. The Balaban J connectivity index is 2.13. The van der Waals surface area contributed by atoms with Gasteiger partial charge in [0.15, 0.2) is 0 Å². The highest BCUT2D eigenvalue weighted by Crippen LogP contribution is 2.27. The van der Waals surface area contributed by atoms with Crippen molar-refractivity contribution in [1.29, 1.82) is 0 Å². The normalized spacial score (nSPS) is 21.2. The molecule has 1 radical (unpaired) electrons. The van der Waals surface area contributed by atoms with E-state index in [2.05, 4.69) is 0 Å². The zero-order valence-electron chi connectivity index (χ0n) is 8.35. The first-order valence-corrected chi connectivity index (χ1v) is 4.78. The average Bonchev–Trinajstić information content (AvgIpc) is 2.02. The van der Waals surface area contributed by atoms with Crippen LogP contribution >= 0.6 is 0 Å². The minimum absolute atomic E-state index is 0.190. The van der Waals surface area contributed by atoms with Gasteiger partial charge in [-0.3, -0.25) is 0 Å². The lowest BCUT2D eigenvalue weighted by molar-refractivity contribution is -0.345. The van der Waals surface area contributed by atoms with Crippen LogP contribution in [0.5, 0.6) is 0 Å². The summed E-state index contributed by atoms with van der Waals surface area (Å²) in [6, 6.07) is 0. The molecule has 2 nitrogen and oxygen atoms in total. The molecule has 0 aromatic rings. The first-order chi connectivity index (χ1) is 5.58. The lowest BCUT2D eigenvalue weighted by atomic mass is 9.98. The second-order valence-electron chi connectivity index (χ2n) is 4.38. The lowest BCUT2D eigenvalue weighted by Crippen LogP contribution is -2.21. The van der Waals surface area contributed by atoms with Crippen LogP contribution < -0.4 is 0 Å². The molecule has 0 heterocycles. The summed E-state index contributed by atoms with van der Waals surface area (Å²) in [4.78, 5) is 10.5. The average molecular weight is 171 g/mol. The van der Waals surface area contributed by atoms with Gasteiger partial charge in [0.2, 0.25) is 0 Å². The fourth-order valence-corrected chi connectivity index (χ4v) is 1.21. The summed E-state index contributed by atoms with van der Waals surface area (Å²) in [5.74, 6) is 0. The zero-order valence-corrected chi connectivity index (χ0v) is 8.35. The van der Waals surface area contributed by atoms with Crippen molar-refractivity contribution in [3.05, 3.63) is 6.10 Å². The van der Waals surface area contributed by atoms with E-state index >= 15 is 0 Å². The van der Waals surface area contributed by atoms with Gasteiger partial charge in [-0.15, -0.1) is 0 Å². The molecule has 0 aromatic heterocycles. The third-order valence-electron chi connectivity index (χ3n) is 1.82. The maximum Gasteiger partial charge on any atom is 0.135 e. The van der Waals surface area contributed by atoms with E-state index < -0.39 is 0 Å². The van der Waals surface area contributed by atoms with Crippen molar-refractivity contribution in [3.8, 4) is 0 Å². The molecule has 0 aliphatic heterocycles. The van der Waals surface area contributed by atoms with E-state index in [9.17, 15) is 0 Å². The van der Waals surface area contributed by atoms with Crippen molar-refractivity contribution >= 4 is 0 Å². The van der Waals surface area contributed by atoms with E-state index in [4.69, 9.17) is 9.78 Å². The molecule has 0 bridgehead atoms. The van der Waals surface area contributed by atoms with Gasteiger partial charge in [-0.25, -0.2) is 9.78 Å². The third kappa shape index (κ3) is 4.07. The summed E-state index contributed by atoms with van der Waals surface area (Å²) in [5, 5.41) is 0. The van der Waals surface area contributed by atoms with E-state index in [1.807, 2.05) is 20.8 Å². The van der Waals surface area contributed by atoms with Crippen LogP contribution in [0.1, 0.15) is 52.9 Å². The van der Waals surface area contributed by atoms with Crippen molar-refractivity contribution < 1.29 is 9.78 Å². The quantitative estimate of drug-likeness (QED) is 0.469. The molecule has 0 N–H and O–H groups in total. The van der Waals surface area contributed by atoms with Crippen LogP contribution in [-0.4, -0.2) is 5.60 Å². The summed E-state index contributed by atoms with van der Waals surface area (Å²) in [5.41, 5.74) is -0.190. The molecule has 1 rings (SSSR count). The third-order valence-corrected chi connectivity index (χ3v) is 1.82. The van der Waals surface area contributed by atoms with Crippen molar-refractivity contribution in [2.24, 2.45) is 0 Å². The Bertz CT molecular complexity index is 120. The summed E-state index contributed by atoms with van der Waals surface area (Å²) < 4.78 is 0. The van der Waals surface area contributed by atoms with Gasteiger partial charge in [0.1, 0.15) is 6.10 Å². The standard InChI is InChI=1S/C10H19O2/c1-10(2,3)12-11-9-7-5-4-6-8-9/h4-8H2,1-3H3. The van der Waals surface area contributed by atoms with E-state index in [0.717, 1.165) is 18.9 Å². The van der Waals surface area contributed by atoms with Crippen LogP contribution in [0.15, 0.2) is 0 Å². The van der Waals surface area contributed by atoms with Gasteiger partial charge in [-0.05, 0) is 33.6 Å². The predicted molar refractivity (Wildman–Crippen MR) is 48.3 cm³/mol. The fraction of sp³-hybridized carbons (Fsp3) is 0.900. The summed E-state index contributed by atoms with van der Waals surface area (Å²) in [7, 11) is 0. The first-order valence-electron chi connectivity index (χ1n) is 4.78. The van der Waals surface area contributed by atoms with Crippen LogP contribution in [0.3, 0.4) is 0 Å². The van der Waals surface area contributed by atoms with E-state index in [0.29, 0.717) is 0 Å². The number of rotatable bonds is 2. The van der Waals surface area contributed by atoms with Crippen LogP contribution in [0.2, 0.25) is 0 Å². The molecule has 12 heavy (non-hydrogen) atoms. The van der Waals surface area contributed by atoms with Gasteiger partial charge >= 0.3 is 0 Å². The molecule has 1 fully saturated rings. The van der Waals surface area contributed by atoms with E-state index in [-0.39, 0.29) is 5.60 Å². The van der Waals surface area contributed by atoms with Crippen LogP contribution in [0, 0.1) is 6.10 Å². The smallest absolute Gasteiger partial charge is 0.135 e. The van der Waals surface area contributed by atoms with E-state index in [1.54, 1.807) is 0 Å². The molecule has 1 aliphatic carbocycles.